The van der Waals surface area contributed by atoms with Crippen molar-refractivity contribution in [2.75, 3.05) is 26.7 Å². The highest BCUT2D eigenvalue weighted by molar-refractivity contribution is 14.1. The molecule has 0 bridgehead atoms. The molecule has 1 amide bonds. The lowest BCUT2D eigenvalue weighted by Crippen LogP contribution is -2.39. The van der Waals surface area contributed by atoms with Crippen molar-refractivity contribution in [1.82, 2.24) is 10.2 Å². The number of aryl methyl sites for hydroxylation is 1. The van der Waals surface area contributed by atoms with E-state index in [2.05, 4.69) is 40.9 Å². The summed E-state index contributed by atoms with van der Waals surface area (Å²) < 4.78 is 1.09. The van der Waals surface area contributed by atoms with Gasteiger partial charge >= 0.3 is 0 Å². The van der Waals surface area contributed by atoms with E-state index in [-0.39, 0.29) is 5.91 Å². The van der Waals surface area contributed by atoms with E-state index in [1.54, 1.807) is 0 Å². The van der Waals surface area contributed by atoms with Crippen molar-refractivity contribution in [3.05, 3.63) is 32.9 Å². The molecule has 0 aromatic heterocycles. The fourth-order valence-corrected chi connectivity index (χ4v) is 3.35. The molecule has 1 heterocycles. The summed E-state index contributed by atoms with van der Waals surface area (Å²) in [5, 5.41) is 3.21. The molecule has 0 saturated carbocycles. The third-order valence-corrected chi connectivity index (χ3v) is 5.56. The maximum absolute atomic E-state index is 12.6. The minimum Gasteiger partial charge on any atom is -0.339 e. The van der Waals surface area contributed by atoms with E-state index in [0.717, 1.165) is 47.5 Å². The van der Waals surface area contributed by atoms with Gasteiger partial charge in [-0.1, -0.05) is 12.1 Å². The maximum Gasteiger partial charge on any atom is 0.254 e. The van der Waals surface area contributed by atoms with Gasteiger partial charge in [-0.3, -0.25) is 4.79 Å². The summed E-state index contributed by atoms with van der Waals surface area (Å²) in [6, 6.07) is 5.98. The Morgan fingerprint density at radius 1 is 1.40 bits per heavy atom. The van der Waals surface area contributed by atoms with Crippen LogP contribution in [0.15, 0.2) is 18.2 Å². The van der Waals surface area contributed by atoms with E-state index in [1.807, 2.05) is 24.1 Å². The fraction of sp³-hybridized carbons (Fsp3) is 0.562. The van der Waals surface area contributed by atoms with Gasteiger partial charge in [-0.25, -0.2) is 0 Å². The summed E-state index contributed by atoms with van der Waals surface area (Å²) in [7, 11) is 2.00. The van der Waals surface area contributed by atoms with Crippen LogP contribution in [0.25, 0.3) is 0 Å². The van der Waals surface area contributed by atoms with Crippen molar-refractivity contribution in [2.45, 2.75) is 26.2 Å². The molecule has 1 aromatic rings. The number of hydrogen-bond acceptors (Lipinski definition) is 2. The van der Waals surface area contributed by atoms with Crippen LogP contribution in [0.5, 0.6) is 0 Å². The predicted octanol–water partition coefficient (Wildman–Crippen LogP) is 3.06. The van der Waals surface area contributed by atoms with Gasteiger partial charge in [0.2, 0.25) is 0 Å². The van der Waals surface area contributed by atoms with Crippen LogP contribution in [0.4, 0.5) is 0 Å². The lowest BCUT2D eigenvalue weighted by Gasteiger charge is -2.32. The number of nitrogens with zero attached hydrogens (tertiary/aromatic N) is 1. The Hall–Kier alpha value is -0.620. The van der Waals surface area contributed by atoms with Gasteiger partial charge in [0.15, 0.2) is 0 Å². The van der Waals surface area contributed by atoms with Gasteiger partial charge in [-0.2, -0.15) is 0 Å². The van der Waals surface area contributed by atoms with Crippen LogP contribution < -0.4 is 5.32 Å². The number of hydrogen-bond donors (Lipinski definition) is 1. The van der Waals surface area contributed by atoms with Crippen LogP contribution in [0, 0.1) is 16.4 Å². The molecular formula is C16H23IN2O. The molecule has 3 nitrogen and oxygen atoms in total. The summed E-state index contributed by atoms with van der Waals surface area (Å²) in [4.78, 5) is 14.6. The maximum atomic E-state index is 12.6. The molecule has 1 aliphatic heterocycles. The highest BCUT2D eigenvalue weighted by Crippen LogP contribution is 2.24. The molecule has 2 rings (SSSR count). The molecule has 0 atom stereocenters. The number of carbonyl (C=O) groups is 1. The molecule has 0 aliphatic carbocycles. The first-order valence-corrected chi connectivity index (χ1v) is 8.40. The number of amides is 1. The molecule has 0 radical (unpaired) electrons. The van der Waals surface area contributed by atoms with Crippen molar-refractivity contribution < 1.29 is 4.79 Å². The Kier molecular flexibility index (Phi) is 5.84. The third-order valence-electron chi connectivity index (χ3n) is 4.13. The first kappa shape index (κ1) is 15.8. The van der Waals surface area contributed by atoms with Gasteiger partial charge in [0, 0.05) is 16.7 Å². The molecule has 0 spiro atoms. The lowest BCUT2D eigenvalue weighted by atomic mass is 9.93. The highest BCUT2D eigenvalue weighted by Gasteiger charge is 2.24. The van der Waals surface area contributed by atoms with Crippen LogP contribution in [0.1, 0.15) is 35.2 Å². The summed E-state index contributed by atoms with van der Waals surface area (Å²) in [5.41, 5.74) is 2.04. The van der Waals surface area contributed by atoms with E-state index in [1.165, 1.54) is 12.0 Å². The Labute approximate surface area is 135 Å². The van der Waals surface area contributed by atoms with Crippen molar-refractivity contribution in [2.24, 2.45) is 5.92 Å². The molecule has 0 unspecified atom stereocenters. The molecule has 4 heteroatoms. The molecule has 1 aromatic carbocycles. The Morgan fingerprint density at radius 2 is 2.10 bits per heavy atom. The van der Waals surface area contributed by atoms with Crippen molar-refractivity contribution in [3.8, 4) is 0 Å². The van der Waals surface area contributed by atoms with Crippen LogP contribution in [0.2, 0.25) is 0 Å². The van der Waals surface area contributed by atoms with Crippen molar-refractivity contribution in [3.63, 3.8) is 0 Å². The fourth-order valence-electron chi connectivity index (χ4n) is 2.76. The lowest BCUT2D eigenvalue weighted by molar-refractivity contribution is 0.0686. The first-order valence-electron chi connectivity index (χ1n) is 7.32. The minimum absolute atomic E-state index is 0.199. The van der Waals surface area contributed by atoms with Gasteiger partial charge < -0.3 is 10.2 Å². The SMILES string of the molecule is CNCCC1CCN(C(=O)c2cccc(C)c2I)CC1. The number of likely N-dealkylation sites (tertiary alicyclic amines) is 1. The normalized spacial score (nSPS) is 16.4. The number of nitrogens with one attached hydrogen (secondary N) is 1. The van der Waals surface area contributed by atoms with Crippen LogP contribution in [0.3, 0.4) is 0 Å². The molecule has 1 fully saturated rings. The molecular weight excluding hydrogens is 363 g/mol. The van der Waals surface area contributed by atoms with E-state index in [0.29, 0.717) is 0 Å². The summed E-state index contributed by atoms with van der Waals surface area (Å²) >= 11 is 2.28. The number of halogens is 1. The monoisotopic (exact) mass is 386 g/mol. The second-order valence-electron chi connectivity index (χ2n) is 5.56. The Bertz CT molecular complexity index is 468. The molecule has 1 aliphatic rings. The second kappa shape index (κ2) is 7.41. The van der Waals surface area contributed by atoms with Gasteiger partial charge in [-0.05, 0) is 79.9 Å². The van der Waals surface area contributed by atoms with Crippen molar-refractivity contribution >= 4 is 28.5 Å². The van der Waals surface area contributed by atoms with Crippen molar-refractivity contribution in [1.29, 1.82) is 0 Å². The van der Waals surface area contributed by atoms with E-state index < -0.39 is 0 Å². The smallest absolute Gasteiger partial charge is 0.254 e. The Morgan fingerprint density at radius 3 is 2.75 bits per heavy atom. The number of benzene rings is 1. The number of carbonyl (C=O) groups excluding carboxylic acids is 1. The van der Waals surface area contributed by atoms with Gasteiger partial charge in [0.25, 0.3) is 5.91 Å². The molecule has 1 saturated heterocycles. The van der Waals surface area contributed by atoms with Gasteiger partial charge in [0.1, 0.15) is 0 Å². The zero-order valence-electron chi connectivity index (χ0n) is 12.3. The minimum atomic E-state index is 0.199. The molecule has 20 heavy (non-hydrogen) atoms. The van der Waals surface area contributed by atoms with Crippen LogP contribution in [-0.2, 0) is 0 Å². The predicted molar refractivity (Wildman–Crippen MR) is 91.1 cm³/mol. The number of piperidine rings is 1. The van der Waals surface area contributed by atoms with E-state index in [4.69, 9.17) is 0 Å². The average Bonchev–Trinajstić information content (AvgIpc) is 2.48. The number of rotatable bonds is 4. The zero-order chi connectivity index (χ0) is 14.5. The molecule has 1 N–H and O–H groups in total. The standard InChI is InChI=1S/C16H23IN2O/c1-12-4-3-5-14(15(12)17)16(20)19-10-7-13(8-11-19)6-9-18-2/h3-5,13,18H,6-11H2,1-2H3. The van der Waals surface area contributed by atoms with Gasteiger partial charge in [-0.15, -0.1) is 0 Å². The van der Waals surface area contributed by atoms with Gasteiger partial charge in [0.05, 0.1) is 5.56 Å². The van der Waals surface area contributed by atoms with E-state index in [9.17, 15) is 4.79 Å². The molecule has 110 valence electrons. The van der Waals surface area contributed by atoms with Crippen LogP contribution >= 0.6 is 22.6 Å². The largest absolute Gasteiger partial charge is 0.339 e. The summed E-state index contributed by atoms with van der Waals surface area (Å²) in [6.45, 7) is 4.94. The quantitative estimate of drug-likeness (QED) is 0.807. The summed E-state index contributed by atoms with van der Waals surface area (Å²) in [6.07, 6.45) is 3.49. The zero-order valence-corrected chi connectivity index (χ0v) is 14.4. The van der Waals surface area contributed by atoms with Crippen LogP contribution in [-0.4, -0.2) is 37.5 Å². The highest BCUT2D eigenvalue weighted by atomic mass is 127. The third kappa shape index (κ3) is 3.73. The first-order chi connectivity index (χ1) is 9.63. The van der Waals surface area contributed by atoms with E-state index >= 15 is 0 Å². The Balaban J connectivity index is 1.96. The summed E-state index contributed by atoms with van der Waals surface area (Å²) in [5.74, 6) is 0.966. The second-order valence-corrected chi connectivity index (χ2v) is 6.64. The topological polar surface area (TPSA) is 32.3 Å². The average molecular weight is 386 g/mol.